The van der Waals surface area contributed by atoms with E-state index in [2.05, 4.69) is 44.6 Å². The van der Waals surface area contributed by atoms with Gasteiger partial charge in [-0.25, -0.2) is 0 Å². The molecule has 1 saturated heterocycles. The Hall–Kier alpha value is -2.96. The molecule has 0 bridgehead atoms. The molecule has 4 rings (SSSR count). The molecule has 1 aliphatic rings. The lowest BCUT2D eigenvalue weighted by molar-refractivity contribution is -0.125. The van der Waals surface area contributed by atoms with Crippen molar-refractivity contribution in [1.82, 2.24) is 25.1 Å². The third-order valence-corrected chi connectivity index (χ3v) is 5.31. The van der Waals surface area contributed by atoms with E-state index in [1.165, 1.54) is 11.1 Å². The van der Waals surface area contributed by atoms with E-state index in [1.807, 2.05) is 31.2 Å². The summed E-state index contributed by atoms with van der Waals surface area (Å²) < 4.78 is 1.76. The van der Waals surface area contributed by atoms with Crippen molar-refractivity contribution in [1.29, 1.82) is 0 Å². The molecule has 27 heavy (non-hydrogen) atoms. The number of amides is 1. The number of nitrogens with one attached hydrogen (secondary N) is 1. The molecule has 0 saturated carbocycles. The van der Waals surface area contributed by atoms with Gasteiger partial charge in [-0.3, -0.25) is 4.79 Å². The van der Waals surface area contributed by atoms with E-state index in [4.69, 9.17) is 0 Å². The van der Waals surface area contributed by atoms with E-state index < -0.39 is 0 Å². The van der Waals surface area contributed by atoms with Crippen LogP contribution in [0.5, 0.6) is 0 Å². The summed E-state index contributed by atoms with van der Waals surface area (Å²) in [6.07, 6.45) is 1.67. The van der Waals surface area contributed by atoms with E-state index in [1.54, 1.807) is 4.52 Å². The second kappa shape index (κ2) is 7.34. The highest BCUT2D eigenvalue weighted by Gasteiger charge is 2.25. The largest absolute Gasteiger partial charge is 0.355 e. The minimum absolute atomic E-state index is 0.0608. The molecule has 1 fully saturated rings. The smallest absolute Gasteiger partial charge is 0.223 e. The molecular weight excluding hydrogens is 340 g/mol. The van der Waals surface area contributed by atoms with Crippen LogP contribution in [0.4, 0.5) is 5.82 Å². The maximum absolute atomic E-state index is 12.5. The van der Waals surface area contributed by atoms with Gasteiger partial charge in [-0.2, -0.15) is 4.52 Å². The number of anilines is 1. The number of fused-ring (bicyclic) bond motifs is 1. The summed E-state index contributed by atoms with van der Waals surface area (Å²) in [5, 5.41) is 15.8. The molecule has 1 aliphatic heterocycles. The fourth-order valence-corrected chi connectivity index (χ4v) is 3.56. The lowest BCUT2D eigenvalue weighted by atomic mass is 9.95. The van der Waals surface area contributed by atoms with Gasteiger partial charge in [-0.1, -0.05) is 24.3 Å². The van der Waals surface area contributed by atoms with E-state index in [-0.39, 0.29) is 11.8 Å². The van der Waals surface area contributed by atoms with Gasteiger partial charge in [0.05, 0.1) is 0 Å². The standard InChI is InChI=1S/C20H24N6O/c1-14-5-3-4-6-17(14)13-21-20(27)16-9-11-25(12-10-16)19-8-7-18-23-22-15(2)26(18)24-19/h3-8,16H,9-13H2,1-2H3,(H,21,27). The zero-order valence-corrected chi connectivity index (χ0v) is 15.7. The van der Waals surface area contributed by atoms with Gasteiger partial charge in [-0.15, -0.1) is 15.3 Å². The minimum Gasteiger partial charge on any atom is -0.355 e. The van der Waals surface area contributed by atoms with E-state index in [0.717, 1.165) is 43.2 Å². The van der Waals surface area contributed by atoms with E-state index in [0.29, 0.717) is 6.54 Å². The van der Waals surface area contributed by atoms with Crippen molar-refractivity contribution in [2.75, 3.05) is 18.0 Å². The van der Waals surface area contributed by atoms with Crippen LogP contribution in [0, 0.1) is 19.8 Å². The highest BCUT2D eigenvalue weighted by atomic mass is 16.1. The zero-order chi connectivity index (χ0) is 18.8. The maximum atomic E-state index is 12.5. The first-order valence-corrected chi connectivity index (χ1v) is 9.38. The minimum atomic E-state index is 0.0608. The normalized spacial score (nSPS) is 15.3. The molecule has 0 unspecified atom stereocenters. The summed E-state index contributed by atoms with van der Waals surface area (Å²) in [7, 11) is 0. The van der Waals surface area contributed by atoms with Gasteiger partial charge >= 0.3 is 0 Å². The van der Waals surface area contributed by atoms with Crippen molar-refractivity contribution >= 4 is 17.4 Å². The van der Waals surface area contributed by atoms with Gasteiger partial charge in [0.15, 0.2) is 11.5 Å². The predicted molar refractivity (Wildman–Crippen MR) is 103 cm³/mol. The molecule has 1 N–H and O–H groups in total. The molecule has 0 radical (unpaired) electrons. The number of nitrogens with zero attached hydrogens (tertiary/aromatic N) is 5. The molecule has 1 aromatic carbocycles. The number of hydrogen-bond acceptors (Lipinski definition) is 5. The number of aryl methyl sites for hydroxylation is 2. The van der Waals surface area contributed by atoms with Crippen LogP contribution < -0.4 is 10.2 Å². The summed E-state index contributed by atoms with van der Waals surface area (Å²) in [5.74, 6) is 1.89. The Morgan fingerprint density at radius 1 is 1.11 bits per heavy atom. The number of hydrogen-bond donors (Lipinski definition) is 1. The van der Waals surface area contributed by atoms with Crippen LogP contribution in [-0.2, 0) is 11.3 Å². The summed E-state index contributed by atoms with van der Waals surface area (Å²) >= 11 is 0. The molecule has 0 spiro atoms. The van der Waals surface area contributed by atoms with Gasteiger partial charge in [0.1, 0.15) is 5.82 Å². The second-order valence-electron chi connectivity index (χ2n) is 7.11. The van der Waals surface area contributed by atoms with Crippen LogP contribution in [0.2, 0.25) is 0 Å². The first kappa shape index (κ1) is 17.5. The first-order chi connectivity index (χ1) is 13.1. The van der Waals surface area contributed by atoms with Crippen LogP contribution in [-0.4, -0.2) is 38.8 Å². The van der Waals surface area contributed by atoms with Crippen LogP contribution >= 0.6 is 0 Å². The van der Waals surface area contributed by atoms with E-state index >= 15 is 0 Å². The molecule has 3 heterocycles. The topological polar surface area (TPSA) is 75.4 Å². The van der Waals surface area contributed by atoms with Crippen molar-refractivity contribution in [2.24, 2.45) is 5.92 Å². The Labute approximate surface area is 158 Å². The van der Waals surface area contributed by atoms with Crippen molar-refractivity contribution in [3.05, 3.63) is 53.3 Å². The summed E-state index contributed by atoms with van der Waals surface area (Å²) in [4.78, 5) is 14.8. The van der Waals surface area contributed by atoms with Gasteiger partial charge < -0.3 is 10.2 Å². The number of piperidine rings is 1. The van der Waals surface area contributed by atoms with Crippen LogP contribution in [0.3, 0.4) is 0 Å². The van der Waals surface area contributed by atoms with Crippen LogP contribution in [0.1, 0.15) is 29.8 Å². The lowest BCUT2D eigenvalue weighted by Crippen LogP contribution is -2.40. The SMILES string of the molecule is Cc1ccccc1CNC(=O)C1CCN(c2ccc3nnc(C)n3n2)CC1. The summed E-state index contributed by atoms with van der Waals surface area (Å²) in [6, 6.07) is 12.1. The van der Waals surface area contributed by atoms with Crippen molar-refractivity contribution in [2.45, 2.75) is 33.2 Å². The predicted octanol–water partition coefficient (Wildman–Crippen LogP) is 2.27. The quantitative estimate of drug-likeness (QED) is 0.769. The summed E-state index contributed by atoms with van der Waals surface area (Å²) in [6.45, 7) is 6.20. The van der Waals surface area contributed by atoms with Gasteiger partial charge in [0.2, 0.25) is 5.91 Å². The Balaban J connectivity index is 1.34. The molecule has 1 amide bonds. The fraction of sp³-hybridized carbons (Fsp3) is 0.400. The molecule has 140 valence electrons. The van der Waals surface area contributed by atoms with Gasteiger partial charge in [-0.05, 0) is 49.9 Å². The molecule has 0 atom stereocenters. The maximum Gasteiger partial charge on any atom is 0.223 e. The van der Waals surface area contributed by atoms with Crippen LogP contribution in [0.25, 0.3) is 5.65 Å². The van der Waals surface area contributed by atoms with Crippen molar-refractivity contribution < 1.29 is 4.79 Å². The Morgan fingerprint density at radius 2 is 1.89 bits per heavy atom. The number of aromatic nitrogens is 4. The number of rotatable bonds is 4. The Bertz CT molecular complexity index is 958. The van der Waals surface area contributed by atoms with Crippen molar-refractivity contribution in [3.8, 4) is 0 Å². The second-order valence-corrected chi connectivity index (χ2v) is 7.11. The third kappa shape index (κ3) is 3.63. The summed E-state index contributed by atoms with van der Waals surface area (Å²) in [5.41, 5.74) is 3.13. The fourth-order valence-electron chi connectivity index (χ4n) is 3.56. The average Bonchev–Trinajstić information content (AvgIpc) is 3.07. The van der Waals surface area contributed by atoms with Gasteiger partial charge in [0, 0.05) is 25.6 Å². The Morgan fingerprint density at radius 3 is 2.67 bits per heavy atom. The molecule has 2 aromatic heterocycles. The van der Waals surface area contributed by atoms with Crippen LogP contribution in [0.15, 0.2) is 36.4 Å². The number of carbonyl (C=O) groups is 1. The number of benzene rings is 1. The molecular formula is C20H24N6O. The highest BCUT2D eigenvalue weighted by molar-refractivity contribution is 5.79. The monoisotopic (exact) mass is 364 g/mol. The van der Waals surface area contributed by atoms with Crippen molar-refractivity contribution in [3.63, 3.8) is 0 Å². The molecule has 7 heteroatoms. The first-order valence-electron chi connectivity index (χ1n) is 9.38. The Kier molecular flexibility index (Phi) is 4.75. The highest BCUT2D eigenvalue weighted by Crippen LogP contribution is 2.22. The average molecular weight is 364 g/mol. The van der Waals surface area contributed by atoms with E-state index in [9.17, 15) is 4.79 Å². The number of carbonyl (C=O) groups excluding carboxylic acids is 1. The molecule has 3 aromatic rings. The molecule has 7 nitrogen and oxygen atoms in total. The van der Waals surface area contributed by atoms with Gasteiger partial charge in [0.25, 0.3) is 0 Å². The molecule has 0 aliphatic carbocycles. The third-order valence-electron chi connectivity index (χ3n) is 5.31. The lowest BCUT2D eigenvalue weighted by Gasteiger charge is -2.32. The zero-order valence-electron chi connectivity index (χ0n) is 15.7.